The summed E-state index contributed by atoms with van der Waals surface area (Å²) in [6.45, 7) is 0.254. The molecule has 0 heterocycles. The lowest BCUT2D eigenvalue weighted by Gasteiger charge is -2.09. The van der Waals surface area contributed by atoms with Crippen LogP contribution >= 0.6 is 15.9 Å². The van der Waals surface area contributed by atoms with Crippen LogP contribution in [0.25, 0.3) is 0 Å². The number of hydrogen-bond donors (Lipinski definition) is 1. The molecule has 72 valence electrons. The Morgan fingerprint density at radius 2 is 2.15 bits per heavy atom. The summed E-state index contributed by atoms with van der Waals surface area (Å²) in [5, 5.41) is 0. The minimum absolute atomic E-state index is 0.191. The van der Waals surface area contributed by atoms with Crippen molar-refractivity contribution in [1.82, 2.24) is 0 Å². The van der Waals surface area contributed by atoms with E-state index in [1.807, 2.05) is 0 Å². The lowest BCUT2D eigenvalue weighted by molar-refractivity contribution is 0.325. The minimum Gasteiger partial charge on any atom is -0.330 e. The standard InChI is InChI=1S/C9H10BrF2N/c10-9-6(7(11)4-5-13)2-1-3-8(9)12/h1-3,7H,4-5,13H2. The van der Waals surface area contributed by atoms with Gasteiger partial charge in [0.15, 0.2) is 0 Å². The first-order valence-corrected chi connectivity index (χ1v) is 4.74. The van der Waals surface area contributed by atoms with Gasteiger partial charge in [0.25, 0.3) is 0 Å². The van der Waals surface area contributed by atoms with E-state index in [1.54, 1.807) is 6.07 Å². The Kier molecular flexibility index (Phi) is 3.81. The Bertz CT molecular complexity index is 291. The molecule has 0 amide bonds. The van der Waals surface area contributed by atoms with Crippen LogP contribution in [0, 0.1) is 5.82 Å². The van der Waals surface area contributed by atoms with Gasteiger partial charge in [-0.05, 0) is 35.0 Å². The Morgan fingerprint density at radius 3 is 2.77 bits per heavy atom. The molecule has 0 aliphatic carbocycles. The minimum atomic E-state index is -1.20. The SMILES string of the molecule is NCCC(F)c1cccc(F)c1Br. The highest BCUT2D eigenvalue weighted by Crippen LogP contribution is 2.29. The van der Waals surface area contributed by atoms with Crippen LogP contribution in [-0.2, 0) is 0 Å². The Labute approximate surface area is 84.1 Å². The number of hydrogen-bond acceptors (Lipinski definition) is 1. The van der Waals surface area contributed by atoms with E-state index in [2.05, 4.69) is 15.9 Å². The molecule has 1 rings (SSSR count). The van der Waals surface area contributed by atoms with Crippen LogP contribution in [0.1, 0.15) is 18.2 Å². The van der Waals surface area contributed by atoms with Crippen molar-refractivity contribution in [2.75, 3.05) is 6.54 Å². The molecule has 0 spiro atoms. The van der Waals surface area contributed by atoms with Crippen molar-refractivity contribution in [2.24, 2.45) is 5.73 Å². The van der Waals surface area contributed by atoms with Crippen LogP contribution in [0.3, 0.4) is 0 Å². The molecule has 0 saturated heterocycles. The molecular formula is C9H10BrF2N. The van der Waals surface area contributed by atoms with Crippen LogP contribution in [0.5, 0.6) is 0 Å². The second-order valence-corrected chi connectivity index (χ2v) is 3.48. The molecule has 0 aliphatic heterocycles. The fourth-order valence-corrected chi connectivity index (χ4v) is 1.58. The topological polar surface area (TPSA) is 26.0 Å². The van der Waals surface area contributed by atoms with E-state index in [4.69, 9.17) is 5.73 Å². The molecule has 4 heteroatoms. The van der Waals surface area contributed by atoms with Gasteiger partial charge in [-0.2, -0.15) is 0 Å². The van der Waals surface area contributed by atoms with E-state index in [9.17, 15) is 8.78 Å². The highest BCUT2D eigenvalue weighted by atomic mass is 79.9. The first-order valence-electron chi connectivity index (χ1n) is 3.95. The van der Waals surface area contributed by atoms with E-state index in [-0.39, 0.29) is 17.4 Å². The van der Waals surface area contributed by atoms with E-state index in [0.29, 0.717) is 5.56 Å². The molecular weight excluding hydrogens is 240 g/mol. The van der Waals surface area contributed by atoms with Crippen molar-refractivity contribution in [3.63, 3.8) is 0 Å². The zero-order chi connectivity index (χ0) is 9.84. The summed E-state index contributed by atoms with van der Waals surface area (Å²) in [5.41, 5.74) is 5.53. The van der Waals surface area contributed by atoms with Crippen molar-refractivity contribution >= 4 is 15.9 Å². The van der Waals surface area contributed by atoms with Crippen LogP contribution in [0.2, 0.25) is 0 Å². The quantitative estimate of drug-likeness (QED) is 0.876. The molecule has 0 radical (unpaired) electrons. The van der Waals surface area contributed by atoms with Crippen LogP contribution in [0.4, 0.5) is 8.78 Å². The van der Waals surface area contributed by atoms with Gasteiger partial charge in [0, 0.05) is 5.56 Å². The molecule has 1 nitrogen and oxygen atoms in total. The lowest BCUT2D eigenvalue weighted by atomic mass is 10.1. The van der Waals surface area contributed by atoms with Crippen LogP contribution < -0.4 is 5.73 Å². The summed E-state index contributed by atoms with van der Waals surface area (Å²) in [6, 6.07) is 4.31. The largest absolute Gasteiger partial charge is 0.330 e. The van der Waals surface area contributed by atoms with E-state index in [0.717, 1.165) is 0 Å². The van der Waals surface area contributed by atoms with Crippen LogP contribution in [-0.4, -0.2) is 6.54 Å². The maximum atomic E-state index is 13.3. The molecule has 0 aromatic heterocycles. The second-order valence-electron chi connectivity index (χ2n) is 2.69. The smallest absolute Gasteiger partial charge is 0.137 e. The number of halogens is 3. The molecule has 1 atom stereocenters. The van der Waals surface area contributed by atoms with E-state index in [1.165, 1.54) is 12.1 Å². The highest BCUT2D eigenvalue weighted by Gasteiger charge is 2.14. The van der Waals surface area contributed by atoms with Gasteiger partial charge >= 0.3 is 0 Å². The van der Waals surface area contributed by atoms with E-state index < -0.39 is 12.0 Å². The summed E-state index contributed by atoms with van der Waals surface area (Å²) in [4.78, 5) is 0. The number of benzene rings is 1. The maximum absolute atomic E-state index is 13.3. The molecule has 0 fully saturated rings. The van der Waals surface area contributed by atoms with Crippen molar-refractivity contribution in [3.8, 4) is 0 Å². The first-order chi connectivity index (χ1) is 6.16. The summed E-state index contributed by atoms with van der Waals surface area (Å²) in [6.07, 6.45) is -0.989. The van der Waals surface area contributed by atoms with E-state index >= 15 is 0 Å². The van der Waals surface area contributed by atoms with Crippen molar-refractivity contribution in [2.45, 2.75) is 12.6 Å². The molecule has 0 bridgehead atoms. The fraction of sp³-hybridized carbons (Fsp3) is 0.333. The van der Waals surface area contributed by atoms with Gasteiger partial charge in [-0.15, -0.1) is 0 Å². The molecule has 1 unspecified atom stereocenters. The van der Waals surface area contributed by atoms with Gasteiger partial charge in [-0.25, -0.2) is 8.78 Å². The van der Waals surface area contributed by atoms with Gasteiger partial charge < -0.3 is 5.73 Å². The number of rotatable bonds is 3. The fourth-order valence-electron chi connectivity index (χ4n) is 1.06. The van der Waals surface area contributed by atoms with Gasteiger partial charge in [-0.1, -0.05) is 12.1 Å². The second kappa shape index (κ2) is 4.67. The molecule has 0 saturated carbocycles. The van der Waals surface area contributed by atoms with Gasteiger partial charge in [0.1, 0.15) is 12.0 Å². The Morgan fingerprint density at radius 1 is 1.46 bits per heavy atom. The first kappa shape index (κ1) is 10.6. The highest BCUT2D eigenvalue weighted by molar-refractivity contribution is 9.10. The Hall–Kier alpha value is -0.480. The summed E-state index contributed by atoms with van der Waals surface area (Å²) in [7, 11) is 0. The van der Waals surface area contributed by atoms with Crippen molar-refractivity contribution in [3.05, 3.63) is 34.1 Å². The average Bonchev–Trinajstić information content (AvgIpc) is 2.10. The maximum Gasteiger partial charge on any atom is 0.137 e. The monoisotopic (exact) mass is 249 g/mol. The zero-order valence-corrected chi connectivity index (χ0v) is 8.52. The van der Waals surface area contributed by atoms with Gasteiger partial charge in [0.05, 0.1) is 4.47 Å². The van der Waals surface area contributed by atoms with Gasteiger partial charge in [0.2, 0.25) is 0 Å². The molecule has 1 aromatic carbocycles. The predicted octanol–water partition coefficient (Wildman–Crippen LogP) is 2.95. The predicted molar refractivity (Wildman–Crippen MR) is 51.6 cm³/mol. The number of nitrogens with two attached hydrogens (primary N) is 1. The number of alkyl halides is 1. The third-order valence-corrected chi connectivity index (χ3v) is 2.58. The summed E-state index contributed by atoms with van der Waals surface area (Å²) >= 11 is 2.99. The van der Waals surface area contributed by atoms with Crippen molar-refractivity contribution in [1.29, 1.82) is 0 Å². The summed E-state index contributed by atoms with van der Waals surface area (Å²) in [5.74, 6) is -0.447. The van der Waals surface area contributed by atoms with Crippen molar-refractivity contribution < 1.29 is 8.78 Å². The molecule has 2 N–H and O–H groups in total. The molecule has 0 aliphatic rings. The summed E-state index contributed by atoms with van der Waals surface area (Å²) < 4.78 is 26.4. The third-order valence-electron chi connectivity index (χ3n) is 1.74. The van der Waals surface area contributed by atoms with Crippen LogP contribution in [0.15, 0.2) is 22.7 Å². The third kappa shape index (κ3) is 2.48. The zero-order valence-electron chi connectivity index (χ0n) is 6.93. The Balaban J connectivity index is 2.93. The van der Waals surface area contributed by atoms with Gasteiger partial charge in [-0.3, -0.25) is 0 Å². The molecule has 13 heavy (non-hydrogen) atoms. The normalized spacial score (nSPS) is 12.9. The average molecular weight is 250 g/mol. The lowest BCUT2D eigenvalue weighted by Crippen LogP contribution is -2.04. The molecule has 1 aromatic rings.